The number of aromatic nitrogens is 1. The largest absolute Gasteiger partial charge is 0.416 e. The van der Waals surface area contributed by atoms with E-state index in [1.807, 2.05) is 6.07 Å². The fraction of sp³-hybridized carbons (Fsp3) is 0.0667. The summed E-state index contributed by atoms with van der Waals surface area (Å²) in [5.74, 6) is 0. The first kappa shape index (κ1) is 14.3. The number of benzene rings is 2. The summed E-state index contributed by atoms with van der Waals surface area (Å²) in [5.41, 5.74) is 1.47. The summed E-state index contributed by atoms with van der Waals surface area (Å²) in [4.78, 5) is 3.11. The van der Waals surface area contributed by atoms with Crippen LogP contribution in [0.3, 0.4) is 0 Å². The molecule has 0 aliphatic carbocycles. The maximum atomic E-state index is 12.5. The fourth-order valence-corrected chi connectivity index (χ4v) is 2.46. The minimum absolute atomic E-state index is 0.421. The Kier molecular flexibility index (Phi) is 3.38. The number of alkyl halides is 3. The van der Waals surface area contributed by atoms with E-state index >= 15 is 0 Å². The zero-order valence-corrected chi connectivity index (χ0v) is 11.9. The van der Waals surface area contributed by atoms with Crippen LogP contribution in [0.25, 0.3) is 22.2 Å². The van der Waals surface area contributed by atoms with Gasteiger partial charge >= 0.3 is 6.18 Å². The fourth-order valence-electron chi connectivity index (χ4n) is 2.12. The maximum Gasteiger partial charge on any atom is 0.416 e. The predicted molar refractivity (Wildman–Crippen MR) is 78.8 cm³/mol. The molecule has 1 N–H and O–H groups in total. The van der Waals surface area contributed by atoms with Gasteiger partial charge in [-0.2, -0.15) is 13.2 Å². The summed E-state index contributed by atoms with van der Waals surface area (Å²) < 4.78 is 37.6. The van der Waals surface area contributed by atoms with Crippen molar-refractivity contribution in [2.75, 3.05) is 0 Å². The lowest BCUT2D eigenvalue weighted by atomic mass is 10.1. The average Bonchev–Trinajstić information content (AvgIpc) is 2.81. The average molecular weight is 330 g/mol. The van der Waals surface area contributed by atoms with Gasteiger partial charge in [0.15, 0.2) is 0 Å². The van der Waals surface area contributed by atoms with Crippen molar-refractivity contribution in [1.29, 1.82) is 0 Å². The summed E-state index contributed by atoms with van der Waals surface area (Å²) in [6.07, 6.45) is -4.33. The highest BCUT2D eigenvalue weighted by molar-refractivity contribution is 6.42. The molecule has 2 aromatic carbocycles. The normalized spacial score (nSPS) is 12.0. The number of rotatable bonds is 1. The summed E-state index contributed by atoms with van der Waals surface area (Å²) in [6.45, 7) is 0. The second-order valence-corrected chi connectivity index (χ2v) is 5.43. The molecule has 0 unspecified atom stereocenters. The molecular weight excluding hydrogens is 322 g/mol. The van der Waals surface area contributed by atoms with Gasteiger partial charge in [0.05, 0.1) is 15.6 Å². The first-order valence-corrected chi connectivity index (χ1v) is 6.75. The van der Waals surface area contributed by atoms with E-state index in [0.717, 1.165) is 23.0 Å². The maximum absolute atomic E-state index is 12.5. The molecule has 0 aliphatic heterocycles. The van der Waals surface area contributed by atoms with Crippen molar-refractivity contribution in [2.45, 2.75) is 6.18 Å². The van der Waals surface area contributed by atoms with Crippen molar-refractivity contribution < 1.29 is 13.2 Å². The van der Waals surface area contributed by atoms with Gasteiger partial charge in [-0.05, 0) is 35.9 Å². The van der Waals surface area contributed by atoms with E-state index in [4.69, 9.17) is 23.2 Å². The molecule has 0 aliphatic rings. The van der Waals surface area contributed by atoms with E-state index in [9.17, 15) is 13.2 Å². The van der Waals surface area contributed by atoms with Crippen molar-refractivity contribution in [3.05, 3.63) is 58.1 Å². The summed E-state index contributed by atoms with van der Waals surface area (Å²) in [7, 11) is 0. The molecule has 0 saturated carbocycles. The Morgan fingerprint density at radius 3 is 2.10 bits per heavy atom. The standard InChI is InChI=1S/C15H8Cl2F3N/c16-11-5-9-6-13(21-14(9)7-12(11)17)8-1-3-10(4-2-8)15(18,19)20/h1-7,21H. The molecule has 0 radical (unpaired) electrons. The van der Waals surface area contributed by atoms with Crippen molar-refractivity contribution >= 4 is 34.1 Å². The van der Waals surface area contributed by atoms with Gasteiger partial charge in [-0.3, -0.25) is 0 Å². The van der Waals surface area contributed by atoms with E-state index in [1.54, 1.807) is 12.1 Å². The van der Waals surface area contributed by atoms with Crippen LogP contribution in [0.1, 0.15) is 5.56 Å². The highest BCUT2D eigenvalue weighted by Crippen LogP contribution is 2.33. The Balaban J connectivity index is 2.04. The Labute approximate surface area is 128 Å². The molecule has 0 fully saturated rings. The molecule has 1 aromatic heterocycles. The van der Waals surface area contributed by atoms with E-state index in [0.29, 0.717) is 21.3 Å². The van der Waals surface area contributed by atoms with Gasteiger partial charge in [-0.25, -0.2) is 0 Å². The first-order valence-electron chi connectivity index (χ1n) is 6.00. The molecule has 21 heavy (non-hydrogen) atoms. The van der Waals surface area contributed by atoms with E-state index in [2.05, 4.69) is 4.98 Å². The molecule has 0 spiro atoms. The third kappa shape index (κ3) is 2.74. The van der Waals surface area contributed by atoms with E-state index < -0.39 is 11.7 Å². The molecular formula is C15H8Cl2F3N. The predicted octanol–water partition coefficient (Wildman–Crippen LogP) is 6.16. The van der Waals surface area contributed by atoms with Crippen LogP contribution in [0.15, 0.2) is 42.5 Å². The Bertz CT molecular complexity index is 765. The molecule has 3 aromatic rings. The third-order valence-electron chi connectivity index (χ3n) is 3.18. The molecule has 0 saturated heterocycles. The molecule has 3 rings (SSSR count). The molecule has 0 bridgehead atoms. The lowest BCUT2D eigenvalue weighted by molar-refractivity contribution is -0.137. The van der Waals surface area contributed by atoms with Gasteiger partial charge in [-0.15, -0.1) is 0 Å². The van der Waals surface area contributed by atoms with Crippen LogP contribution in [0.4, 0.5) is 13.2 Å². The second kappa shape index (κ2) is 4.97. The zero-order valence-electron chi connectivity index (χ0n) is 10.4. The van der Waals surface area contributed by atoms with Gasteiger partial charge in [0, 0.05) is 16.6 Å². The second-order valence-electron chi connectivity index (χ2n) is 4.61. The van der Waals surface area contributed by atoms with Crippen LogP contribution in [-0.2, 0) is 6.18 Å². The quantitative estimate of drug-likeness (QED) is 0.550. The van der Waals surface area contributed by atoms with Gasteiger partial charge in [0.1, 0.15) is 0 Å². The molecule has 6 heteroatoms. The van der Waals surface area contributed by atoms with Crippen LogP contribution in [-0.4, -0.2) is 4.98 Å². The monoisotopic (exact) mass is 329 g/mol. The lowest BCUT2D eigenvalue weighted by Gasteiger charge is -2.06. The van der Waals surface area contributed by atoms with Crippen molar-refractivity contribution in [1.82, 2.24) is 4.98 Å². The number of H-pyrrole nitrogens is 1. The molecule has 0 atom stereocenters. The van der Waals surface area contributed by atoms with Crippen molar-refractivity contribution in [2.24, 2.45) is 0 Å². The van der Waals surface area contributed by atoms with Crippen molar-refractivity contribution in [3.8, 4) is 11.3 Å². The first-order chi connectivity index (χ1) is 9.84. The third-order valence-corrected chi connectivity index (χ3v) is 3.91. The minimum Gasteiger partial charge on any atom is -0.354 e. The van der Waals surface area contributed by atoms with Crippen LogP contribution < -0.4 is 0 Å². The highest BCUT2D eigenvalue weighted by atomic mass is 35.5. The summed E-state index contributed by atoms with van der Waals surface area (Å²) >= 11 is 11.9. The Hall–Kier alpha value is -1.65. The zero-order chi connectivity index (χ0) is 15.2. The van der Waals surface area contributed by atoms with Gasteiger partial charge < -0.3 is 4.98 Å². The number of nitrogens with one attached hydrogen (secondary N) is 1. The van der Waals surface area contributed by atoms with Crippen LogP contribution in [0, 0.1) is 0 Å². The van der Waals surface area contributed by atoms with Gasteiger partial charge in [-0.1, -0.05) is 35.3 Å². The van der Waals surface area contributed by atoms with E-state index in [-0.39, 0.29) is 0 Å². The molecule has 0 amide bonds. The van der Waals surface area contributed by atoms with E-state index in [1.165, 1.54) is 12.1 Å². The van der Waals surface area contributed by atoms with Crippen molar-refractivity contribution in [3.63, 3.8) is 0 Å². The molecule has 108 valence electrons. The molecule has 1 heterocycles. The molecule has 1 nitrogen and oxygen atoms in total. The Morgan fingerprint density at radius 1 is 0.857 bits per heavy atom. The topological polar surface area (TPSA) is 15.8 Å². The SMILES string of the molecule is FC(F)(F)c1ccc(-c2cc3cc(Cl)c(Cl)cc3[nH]2)cc1. The highest BCUT2D eigenvalue weighted by Gasteiger charge is 2.30. The van der Waals surface area contributed by atoms with Gasteiger partial charge in [0.2, 0.25) is 0 Å². The van der Waals surface area contributed by atoms with Crippen LogP contribution in [0.5, 0.6) is 0 Å². The Morgan fingerprint density at radius 2 is 1.48 bits per heavy atom. The number of fused-ring (bicyclic) bond motifs is 1. The summed E-state index contributed by atoms with van der Waals surface area (Å²) in [5, 5.41) is 1.70. The number of hydrogen-bond donors (Lipinski definition) is 1. The van der Waals surface area contributed by atoms with Crippen LogP contribution in [0.2, 0.25) is 10.0 Å². The smallest absolute Gasteiger partial charge is 0.354 e. The minimum atomic E-state index is -4.33. The number of halogens is 5. The lowest BCUT2D eigenvalue weighted by Crippen LogP contribution is -2.03. The number of aromatic amines is 1. The van der Waals surface area contributed by atoms with Crippen LogP contribution >= 0.6 is 23.2 Å². The number of hydrogen-bond acceptors (Lipinski definition) is 0. The summed E-state index contributed by atoms with van der Waals surface area (Å²) in [6, 6.07) is 10.2. The van der Waals surface area contributed by atoms with Gasteiger partial charge in [0.25, 0.3) is 0 Å².